The molecule has 1 atom stereocenters. The molecule has 7 heteroatoms. The normalized spacial score (nSPS) is 12.4. The molecule has 1 N–H and O–H groups in total. The molecule has 0 aliphatic carbocycles. The lowest BCUT2D eigenvalue weighted by Gasteiger charge is -2.13. The Hall–Kier alpha value is -2.31. The molecule has 3 rings (SSSR count). The van der Waals surface area contributed by atoms with Gasteiger partial charge in [-0.2, -0.15) is 5.10 Å². The van der Waals surface area contributed by atoms with E-state index in [4.69, 9.17) is 20.8 Å². The largest absolute Gasteiger partial charge is 0.489 e. The van der Waals surface area contributed by atoms with Gasteiger partial charge in [0.05, 0.1) is 17.3 Å². The van der Waals surface area contributed by atoms with Crippen LogP contribution >= 0.6 is 27.5 Å². The van der Waals surface area contributed by atoms with Gasteiger partial charge >= 0.3 is 5.91 Å². The van der Waals surface area contributed by atoms with Gasteiger partial charge in [-0.05, 0) is 61.4 Å². The molecule has 140 valence electrons. The number of fused-ring (bicyclic) bond motifs is 1. The van der Waals surface area contributed by atoms with Crippen LogP contribution in [0.1, 0.15) is 36.4 Å². The van der Waals surface area contributed by atoms with Crippen molar-refractivity contribution in [1.29, 1.82) is 0 Å². The maximum Gasteiger partial charge on any atom is 0.307 e. The highest BCUT2D eigenvalue weighted by Gasteiger charge is 2.12. The molecule has 0 spiro atoms. The number of nitrogens with one attached hydrogen (secondary N) is 1. The van der Waals surface area contributed by atoms with E-state index < -0.39 is 5.91 Å². The smallest absolute Gasteiger partial charge is 0.307 e. The highest BCUT2D eigenvalue weighted by atomic mass is 79.9. The van der Waals surface area contributed by atoms with E-state index in [0.29, 0.717) is 16.4 Å². The van der Waals surface area contributed by atoms with Crippen molar-refractivity contribution in [1.82, 2.24) is 5.43 Å². The molecule has 0 saturated heterocycles. The Morgan fingerprint density at radius 3 is 2.89 bits per heavy atom. The van der Waals surface area contributed by atoms with Crippen molar-refractivity contribution in [2.24, 2.45) is 5.10 Å². The fraction of sp³-hybridized carbons (Fsp3) is 0.200. The molecule has 0 aliphatic rings. The summed E-state index contributed by atoms with van der Waals surface area (Å²) in [6.07, 6.45) is 2.49. The van der Waals surface area contributed by atoms with Crippen LogP contribution < -0.4 is 10.2 Å². The van der Waals surface area contributed by atoms with Crippen LogP contribution in [0.2, 0.25) is 5.02 Å². The first-order chi connectivity index (χ1) is 13.0. The van der Waals surface area contributed by atoms with Gasteiger partial charge in [0.1, 0.15) is 11.3 Å². The van der Waals surface area contributed by atoms with Crippen molar-refractivity contribution in [3.8, 4) is 5.75 Å². The van der Waals surface area contributed by atoms with E-state index in [-0.39, 0.29) is 11.9 Å². The topological polar surface area (TPSA) is 63.8 Å². The Balaban J connectivity index is 1.65. The standard InChI is InChI=1S/C20H18BrClN2O3/c1-3-12(2)26-18-6-4-13(8-16(18)22)11-23-24-20(25)19-10-14-9-15(21)5-7-17(14)27-19/h4-12H,3H2,1-2H3,(H,24,25)/b23-11+/t12-/m0/s1. The first-order valence-electron chi connectivity index (χ1n) is 8.45. The predicted octanol–water partition coefficient (Wildman–Crippen LogP) is 5.79. The minimum atomic E-state index is -0.429. The van der Waals surface area contributed by atoms with Crippen LogP contribution in [0, 0.1) is 0 Å². The van der Waals surface area contributed by atoms with E-state index >= 15 is 0 Å². The van der Waals surface area contributed by atoms with Crippen LogP contribution in [-0.4, -0.2) is 18.2 Å². The van der Waals surface area contributed by atoms with E-state index in [2.05, 4.69) is 26.5 Å². The summed E-state index contributed by atoms with van der Waals surface area (Å²) >= 11 is 9.62. The predicted molar refractivity (Wildman–Crippen MR) is 111 cm³/mol. The van der Waals surface area contributed by atoms with Gasteiger partial charge in [0, 0.05) is 9.86 Å². The van der Waals surface area contributed by atoms with Crippen molar-refractivity contribution in [2.45, 2.75) is 26.4 Å². The van der Waals surface area contributed by atoms with Crippen molar-refractivity contribution >= 4 is 50.6 Å². The number of furan rings is 1. The Morgan fingerprint density at radius 2 is 2.15 bits per heavy atom. The highest BCUT2D eigenvalue weighted by molar-refractivity contribution is 9.10. The van der Waals surface area contributed by atoms with Crippen LogP contribution in [0.25, 0.3) is 11.0 Å². The highest BCUT2D eigenvalue weighted by Crippen LogP contribution is 2.26. The van der Waals surface area contributed by atoms with Crippen molar-refractivity contribution in [3.63, 3.8) is 0 Å². The number of carbonyl (C=O) groups excluding carboxylic acids is 1. The van der Waals surface area contributed by atoms with Crippen LogP contribution in [0.3, 0.4) is 0 Å². The zero-order valence-electron chi connectivity index (χ0n) is 14.8. The van der Waals surface area contributed by atoms with Gasteiger partial charge in [-0.3, -0.25) is 4.79 Å². The molecule has 1 aromatic heterocycles. The third kappa shape index (κ3) is 4.90. The molecular formula is C20H18BrClN2O3. The average molecular weight is 450 g/mol. The number of hydrogen-bond donors (Lipinski definition) is 1. The van der Waals surface area contributed by atoms with Gasteiger partial charge in [0.2, 0.25) is 0 Å². The molecule has 1 amide bonds. The lowest BCUT2D eigenvalue weighted by molar-refractivity contribution is 0.0929. The minimum Gasteiger partial charge on any atom is -0.489 e. The molecule has 0 unspecified atom stereocenters. The zero-order chi connectivity index (χ0) is 19.4. The number of benzene rings is 2. The average Bonchev–Trinajstić information content (AvgIpc) is 3.07. The van der Waals surface area contributed by atoms with E-state index in [1.165, 1.54) is 6.21 Å². The number of halogens is 2. The Kier molecular flexibility index (Phi) is 6.19. The Morgan fingerprint density at radius 1 is 1.33 bits per heavy atom. The zero-order valence-corrected chi connectivity index (χ0v) is 17.2. The summed E-state index contributed by atoms with van der Waals surface area (Å²) < 4.78 is 12.2. The molecule has 5 nitrogen and oxygen atoms in total. The second kappa shape index (κ2) is 8.59. The first kappa shape index (κ1) is 19.5. The van der Waals surface area contributed by atoms with Crippen molar-refractivity contribution in [2.75, 3.05) is 0 Å². The number of ether oxygens (including phenoxy) is 1. The summed E-state index contributed by atoms with van der Waals surface area (Å²) in [5, 5.41) is 5.29. The van der Waals surface area contributed by atoms with Gasteiger partial charge in [-0.25, -0.2) is 5.43 Å². The fourth-order valence-corrected chi connectivity index (χ4v) is 2.95. The maximum atomic E-state index is 12.2. The Bertz CT molecular complexity index is 1000. The maximum absolute atomic E-state index is 12.2. The van der Waals surface area contributed by atoms with Gasteiger partial charge in [0.15, 0.2) is 5.76 Å². The molecular weight excluding hydrogens is 432 g/mol. The van der Waals surface area contributed by atoms with E-state index in [0.717, 1.165) is 21.8 Å². The van der Waals surface area contributed by atoms with Gasteiger partial charge in [-0.1, -0.05) is 34.5 Å². The monoisotopic (exact) mass is 448 g/mol. The second-order valence-electron chi connectivity index (χ2n) is 6.02. The quantitative estimate of drug-likeness (QED) is 0.383. The van der Waals surface area contributed by atoms with Crippen molar-refractivity contribution < 1.29 is 13.9 Å². The molecule has 0 bridgehead atoms. The van der Waals surface area contributed by atoms with E-state index in [9.17, 15) is 4.79 Å². The molecule has 0 aliphatic heterocycles. The van der Waals surface area contributed by atoms with Gasteiger partial charge in [-0.15, -0.1) is 0 Å². The lowest BCUT2D eigenvalue weighted by Crippen LogP contribution is -2.16. The third-order valence-electron chi connectivity index (χ3n) is 3.94. The van der Waals surface area contributed by atoms with Crippen LogP contribution in [0.15, 0.2) is 56.5 Å². The first-order valence-corrected chi connectivity index (χ1v) is 9.62. The summed E-state index contributed by atoms with van der Waals surface area (Å²) in [5.41, 5.74) is 3.83. The second-order valence-corrected chi connectivity index (χ2v) is 7.34. The number of rotatable bonds is 6. The summed E-state index contributed by atoms with van der Waals surface area (Å²) in [6, 6.07) is 12.5. The SMILES string of the molecule is CC[C@H](C)Oc1ccc(/C=N/NC(=O)c2cc3cc(Br)ccc3o2)cc1Cl. The Labute approximate surface area is 170 Å². The lowest BCUT2D eigenvalue weighted by atomic mass is 10.2. The van der Waals surface area contributed by atoms with E-state index in [1.807, 2.05) is 32.0 Å². The molecule has 0 saturated carbocycles. The van der Waals surface area contributed by atoms with Crippen LogP contribution in [0.4, 0.5) is 0 Å². The van der Waals surface area contributed by atoms with Crippen LogP contribution in [-0.2, 0) is 0 Å². The number of amides is 1. The number of carbonyl (C=O) groups is 1. The number of nitrogens with zero attached hydrogens (tertiary/aromatic N) is 1. The fourth-order valence-electron chi connectivity index (χ4n) is 2.34. The summed E-state index contributed by atoms with van der Waals surface area (Å²) in [7, 11) is 0. The number of hydrazone groups is 1. The summed E-state index contributed by atoms with van der Waals surface area (Å²) in [6.45, 7) is 4.03. The van der Waals surface area contributed by atoms with E-state index in [1.54, 1.807) is 24.3 Å². The minimum absolute atomic E-state index is 0.0886. The molecule has 0 radical (unpaired) electrons. The molecule has 0 fully saturated rings. The van der Waals surface area contributed by atoms with Crippen molar-refractivity contribution in [3.05, 3.63) is 63.3 Å². The van der Waals surface area contributed by atoms with Gasteiger partial charge < -0.3 is 9.15 Å². The molecule has 27 heavy (non-hydrogen) atoms. The molecule has 2 aromatic carbocycles. The molecule has 3 aromatic rings. The van der Waals surface area contributed by atoms with Crippen LogP contribution in [0.5, 0.6) is 5.75 Å². The summed E-state index contributed by atoms with van der Waals surface area (Å²) in [5.74, 6) is 0.387. The molecule has 1 heterocycles. The van der Waals surface area contributed by atoms with Gasteiger partial charge in [0.25, 0.3) is 0 Å². The number of hydrogen-bond acceptors (Lipinski definition) is 4. The third-order valence-corrected chi connectivity index (χ3v) is 4.73. The summed E-state index contributed by atoms with van der Waals surface area (Å²) in [4.78, 5) is 12.2.